The number of carbonyl (C=O) groups excluding carboxylic acids is 3. The average molecular weight is 395 g/mol. The van der Waals surface area contributed by atoms with Crippen LogP contribution in [0.4, 0.5) is 11.4 Å². The van der Waals surface area contributed by atoms with Crippen molar-refractivity contribution in [1.29, 1.82) is 0 Å². The lowest BCUT2D eigenvalue weighted by atomic mass is 10.2. The van der Waals surface area contributed by atoms with E-state index in [2.05, 4.69) is 10.6 Å². The van der Waals surface area contributed by atoms with Crippen molar-refractivity contribution in [3.63, 3.8) is 0 Å². The lowest BCUT2D eigenvalue weighted by Crippen LogP contribution is -2.30. The summed E-state index contributed by atoms with van der Waals surface area (Å²) >= 11 is 0. The van der Waals surface area contributed by atoms with Gasteiger partial charge in [-0.25, -0.2) is 0 Å². The number of ether oxygens (including phenoxy) is 1. The van der Waals surface area contributed by atoms with E-state index in [1.54, 1.807) is 41.3 Å². The monoisotopic (exact) mass is 395 g/mol. The Morgan fingerprint density at radius 3 is 2.34 bits per heavy atom. The molecule has 1 aliphatic heterocycles. The van der Waals surface area contributed by atoms with Crippen LogP contribution in [0.1, 0.15) is 37.0 Å². The minimum Gasteiger partial charge on any atom is -0.484 e. The highest BCUT2D eigenvalue weighted by molar-refractivity contribution is 5.96. The molecule has 0 bridgehead atoms. The first kappa shape index (κ1) is 20.4. The molecule has 0 saturated carbocycles. The van der Waals surface area contributed by atoms with Crippen LogP contribution in [0.5, 0.6) is 5.75 Å². The number of carbonyl (C=O) groups is 3. The molecule has 29 heavy (non-hydrogen) atoms. The number of anilines is 2. The molecule has 2 aromatic carbocycles. The van der Waals surface area contributed by atoms with Gasteiger partial charge in [-0.05, 0) is 68.8 Å². The van der Waals surface area contributed by atoms with Crippen LogP contribution in [-0.2, 0) is 9.59 Å². The maximum Gasteiger partial charge on any atom is 0.262 e. The van der Waals surface area contributed by atoms with Gasteiger partial charge in [-0.2, -0.15) is 0 Å². The van der Waals surface area contributed by atoms with Gasteiger partial charge in [0.2, 0.25) is 5.91 Å². The van der Waals surface area contributed by atoms with Gasteiger partial charge in [0, 0.05) is 35.9 Å². The standard InChI is InChI=1S/C22H25N3O4/c1-15(2)23-22(28)16-5-7-17(8-6-16)24-20(26)14-29-19-11-9-18(10-12-19)25-13-3-4-21(25)27/h5-12,15H,3-4,13-14H2,1-2H3,(H,23,28)(H,24,26). The Hall–Kier alpha value is -3.35. The summed E-state index contributed by atoms with van der Waals surface area (Å²) in [5, 5.41) is 5.55. The Labute approximate surface area is 170 Å². The van der Waals surface area contributed by atoms with Crippen LogP contribution in [-0.4, -0.2) is 36.9 Å². The number of benzene rings is 2. The third-order valence-electron chi connectivity index (χ3n) is 4.44. The van der Waals surface area contributed by atoms with E-state index in [0.29, 0.717) is 23.4 Å². The second-order valence-electron chi connectivity index (χ2n) is 7.19. The molecule has 7 nitrogen and oxygen atoms in total. The number of hydrogen-bond donors (Lipinski definition) is 2. The molecule has 152 valence electrons. The molecule has 7 heteroatoms. The number of nitrogens with one attached hydrogen (secondary N) is 2. The largest absolute Gasteiger partial charge is 0.484 e. The van der Waals surface area contributed by atoms with Gasteiger partial charge in [-0.15, -0.1) is 0 Å². The summed E-state index contributed by atoms with van der Waals surface area (Å²) < 4.78 is 5.51. The van der Waals surface area contributed by atoms with E-state index >= 15 is 0 Å². The smallest absolute Gasteiger partial charge is 0.262 e. The average Bonchev–Trinajstić information content (AvgIpc) is 3.13. The van der Waals surface area contributed by atoms with E-state index in [-0.39, 0.29) is 30.4 Å². The van der Waals surface area contributed by atoms with Gasteiger partial charge in [0.05, 0.1) is 0 Å². The van der Waals surface area contributed by atoms with E-state index in [1.807, 2.05) is 26.0 Å². The predicted molar refractivity (Wildman–Crippen MR) is 111 cm³/mol. The van der Waals surface area contributed by atoms with Crippen molar-refractivity contribution in [2.75, 3.05) is 23.4 Å². The Morgan fingerprint density at radius 2 is 1.76 bits per heavy atom. The van der Waals surface area contributed by atoms with Crippen LogP contribution in [0.2, 0.25) is 0 Å². The van der Waals surface area contributed by atoms with Crippen LogP contribution >= 0.6 is 0 Å². The van der Waals surface area contributed by atoms with Crippen LogP contribution in [0, 0.1) is 0 Å². The predicted octanol–water partition coefficient (Wildman–Crippen LogP) is 2.97. The van der Waals surface area contributed by atoms with Crippen LogP contribution in [0.3, 0.4) is 0 Å². The molecule has 2 aromatic rings. The second kappa shape index (κ2) is 9.23. The number of amides is 3. The summed E-state index contributed by atoms with van der Waals surface area (Å²) in [5.74, 6) is 0.227. The quantitative estimate of drug-likeness (QED) is 0.755. The van der Waals surface area contributed by atoms with Gasteiger partial charge in [0.15, 0.2) is 6.61 Å². The summed E-state index contributed by atoms with van der Waals surface area (Å²) in [4.78, 5) is 37.6. The fourth-order valence-electron chi connectivity index (χ4n) is 3.04. The van der Waals surface area contributed by atoms with Crippen molar-refractivity contribution in [1.82, 2.24) is 5.32 Å². The third-order valence-corrected chi connectivity index (χ3v) is 4.44. The van der Waals surface area contributed by atoms with E-state index in [1.165, 1.54) is 0 Å². The fraction of sp³-hybridized carbons (Fsp3) is 0.318. The van der Waals surface area contributed by atoms with Crippen molar-refractivity contribution < 1.29 is 19.1 Å². The Balaban J connectivity index is 1.48. The van der Waals surface area contributed by atoms with Gasteiger partial charge in [-0.3, -0.25) is 14.4 Å². The molecule has 1 fully saturated rings. The lowest BCUT2D eigenvalue weighted by Gasteiger charge is -2.16. The van der Waals surface area contributed by atoms with Crippen LogP contribution < -0.4 is 20.3 Å². The molecule has 0 spiro atoms. The lowest BCUT2D eigenvalue weighted by molar-refractivity contribution is -0.118. The van der Waals surface area contributed by atoms with Crippen LogP contribution in [0.15, 0.2) is 48.5 Å². The second-order valence-corrected chi connectivity index (χ2v) is 7.19. The van der Waals surface area contributed by atoms with Crippen molar-refractivity contribution in [3.05, 3.63) is 54.1 Å². The van der Waals surface area contributed by atoms with E-state index in [9.17, 15) is 14.4 Å². The fourth-order valence-corrected chi connectivity index (χ4v) is 3.04. The molecule has 0 aliphatic carbocycles. The van der Waals surface area contributed by atoms with E-state index < -0.39 is 0 Å². The molecular weight excluding hydrogens is 370 g/mol. The van der Waals surface area contributed by atoms with Crippen molar-refractivity contribution in [2.45, 2.75) is 32.7 Å². The van der Waals surface area contributed by atoms with Gasteiger partial charge in [0.1, 0.15) is 5.75 Å². The van der Waals surface area contributed by atoms with Gasteiger partial charge < -0.3 is 20.3 Å². The Morgan fingerprint density at radius 1 is 1.07 bits per heavy atom. The molecule has 0 unspecified atom stereocenters. The summed E-state index contributed by atoms with van der Waals surface area (Å²) in [6.45, 7) is 4.38. The molecule has 1 aliphatic rings. The van der Waals surface area contributed by atoms with Crippen molar-refractivity contribution >= 4 is 29.1 Å². The molecule has 1 saturated heterocycles. The summed E-state index contributed by atoms with van der Waals surface area (Å²) in [6, 6.07) is 13.9. The minimum absolute atomic E-state index is 0.0592. The molecule has 2 N–H and O–H groups in total. The highest BCUT2D eigenvalue weighted by atomic mass is 16.5. The topological polar surface area (TPSA) is 87.7 Å². The molecule has 0 radical (unpaired) electrons. The van der Waals surface area contributed by atoms with Crippen molar-refractivity contribution in [2.24, 2.45) is 0 Å². The zero-order valence-electron chi connectivity index (χ0n) is 16.6. The van der Waals surface area contributed by atoms with Gasteiger partial charge in [0.25, 0.3) is 11.8 Å². The molecule has 0 aromatic heterocycles. The molecule has 1 heterocycles. The SMILES string of the molecule is CC(C)NC(=O)c1ccc(NC(=O)COc2ccc(N3CCCC3=O)cc2)cc1. The first-order valence-electron chi connectivity index (χ1n) is 9.66. The number of rotatable bonds is 7. The Kier molecular flexibility index (Phi) is 6.49. The van der Waals surface area contributed by atoms with E-state index in [4.69, 9.17) is 4.74 Å². The molecule has 0 atom stereocenters. The molecular formula is C22H25N3O4. The maximum atomic E-state index is 12.1. The highest BCUT2D eigenvalue weighted by Crippen LogP contribution is 2.23. The maximum absolute atomic E-state index is 12.1. The number of nitrogens with zero attached hydrogens (tertiary/aromatic N) is 1. The zero-order valence-corrected chi connectivity index (χ0v) is 16.6. The Bertz CT molecular complexity index is 876. The highest BCUT2D eigenvalue weighted by Gasteiger charge is 2.21. The summed E-state index contributed by atoms with van der Waals surface area (Å²) in [6.07, 6.45) is 1.46. The summed E-state index contributed by atoms with van der Waals surface area (Å²) in [7, 11) is 0. The van der Waals surface area contributed by atoms with Crippen LogP contribution in [0.25, 0.3) is 0 Å². The third kappa shape index (κ3) is 5.57. The first-order chi connectivity index (χ1) is 13.9. The molecule has 3 rings (SSSR count). The van der Waals surface area contributed by atoms with Gasteiger partial charge >= 0.3 is 0 Å². The minimum atomic E-state index is -0.303. The van der Waals surface area contributed by atoms with E-state index in [0.717, 1.165) is 18.7 Å². The molecule has 3 amide bonds. The van der Waals surface area contributed by atoms with Crippen molar-refractivity contribution in [3.8, 4) is 5.75 Å². The number of hydrogen-bond acceptors (Lipinski definition) is 4. The first-order valence-corrected chi connectivity index (χ1v) is 9.66. The summed E-state index contributed by atoms with van der Waals surface area (Å²) in [5.41, 5.74) is 1.96. The normalized spacial score (nSPS) is 13.5. The zero-order chi connectivity index (χ0) is 20.8. The van der Waals surface area contributed by atoms with Gasteiger partial charge in [-0.1, -0.05) is 0 Å².